The number of nitrogens with zero attached hydrogens (tertiary/aromatic N) is 1. The van der Waals surface area contributed by atoms with Gasteiger partial charge in [0.25, 0.3) is 6.47 Å². The summed E-state index contributed by atoms with van der Waals surface area (Å²) in [4.78, 5) is 46.2. The van der Waals surface area contributed by atoms with Crippen LogP contribution in [0.15, 0.2) is 30.3 Å². The fourth-order valence-corrected chi connectivity index (χ4v) is 5.55. The van der Waals surface area contributed by atoms with E-state index in [2.05, 4.69) is 12.1 Å². The molecule has 0 spiro atoms. The Morgan fingerprint density at radius 3 is 2.09 bits per heavy atom. The quantitative estimate of drug-likeness (QED) is 0.478. The van der Waals surface area contributed by atoms with Gasteiger partial charge in [-0.2, -0.15) is 0 Å². The molecule has 3 N–H and O–H groups in total. The highest BCUT2D eigenvalue weighted by Gasteiger charge is 2.46. The van der Waals surface area contributed by atoms with E-state index in [9.17, 15) is 24.6 Å². The molecule has 35 heavy (non-hydrogen) atoms. The maximum absolute atomic E-state index is 12.8. The van der Waals surface area contributed by atoms with E-state index in [-0.39, 0.29) is 25.2 Å². The van der Waals surface area contributed by atoms with E-state index in [1.807, 2.05) is 36.9 Å². The molecular formula is C27H31NO7. The second-order valence-electron chi connectivity index (χ2n) is 9.16. The number of hydrogen-bond acceptors (Lipinski definition) is 4. The van der Waals surface area contributed by atoms with Gasteiger partial charge >= 0.3 is 11.9 Å². The van der Waals surface area contributed by atoms with Crippen LogP contribution in [0.3, 0.4) is 0 Å². The van der Waals surface area contributed by atoms with Gasteiger partial charge in [-0.15, -0.1) is 0 Å². The molecule has 0 bridgehead atoms. The van der Waals surface area contributed by atoms with Gasteiger partial charge in [-0.3, -0.25) is 19.2 Å². The number of rotatable bonds is 8. The van der Waals surface area contributed by atoms with Crippen LogP contribution in [0.4, 0.5) is 0 Å². The normalized spacial score (nSPS) is 14.3. The first kappa shape index (κ1) is 25.9. The van der Waals surface area contributed by atoms with Gasteiger partial charge < -0.3 is 20.2 Å². The highest BCUT2D eigenvalue weighted by atomic mass is 16.4. The third kappa shape index (κ3) is 5.06. The summed E-state index contributed by atoms with van der Waals surface area (Å²) in [5.74, 6) is -1.65. The predicted molar refractivity (Wildman–Crippen MR) is 129 cm³/mol. The lowest BCUT2D eigenvalue weighted by atomic mass is 9.70. The number of aliphatic carboxylic acids is 2. The van der Waals surface area contributed by atoms with Crippen LogP contribution in [0.1, 0.15) is 73.3 Å². The van der Waals surface area contributed by atoms with Crippen molar-refractivity contribution in [3.8, 4) is 11.1 Å². The molecule has 0 aromatic heterocycles. The number of amides is 1. The van der Waals surface area contributed by atoms with Crippen molar-refractivity contribution in [2.45, 2.75) is 70.9 Å². The monoisotopic (exact) mass is 481 g/mol. The SMILES string of the molecule is CCCC(=O)N1Cc2cccc3c2-c2c(cc(C)cc2C3(CCC(=O)O)CCC(=O)O)C1.O=CO. The minimum absolute atomic E-state index is 0.0346. The van der Waals surface area contributed by atoms with Crippen LogP contribution in [-0.2, 0) is 37.7 Å². The number of carboxylic acids is 2. The Balaban J connectivity index is 0.00000108. The van der Waals surface area contributed by atoms with Gasteiger partial charge in [0.05, 0.1) is 0 Å². The molecule has 1 aliphatic heterocycles. The van der Waals surface area contributed by atoms with Crippen molar-refractivity contribution in [3.05, 3.63) is 58.1 Å². The maximum atomic E-state index is 12.8. The van der Waals surface area contributed by atoms with Crippen molar-refractivity contribution >= 4 is 24.3 Å². The second kappa shape index (κ2) is 10.7. The summed E-state index contributed by atoms with van der Waals surface area (Å²) in [6.07, 6.45) is 1.92. The molecule has 0 saturated carbocycles. The Kier molecular flexibility index (Phi) is 7.94. The van der Waals surface area contributed by atoms with Crippen LogP contribution < -0.4 is 0 Å². The number of carbonyl (C=O) groups excluding carboxylic acids is 1. The lowest BCUT2D eigenvalue weighted by molar-refractivity contribution is -0.137. The maximum Gasteiger partial charge on any atom is 0.303 e. The highest BCUT2D eigenvalue weighted by molar-refractivity contribution is 5.88. The fourth-order valence-electron chi connectivity index (χ4n) is 5.55. The van der Waals surface area contributed by atoms with E-state index < -0.39 is 17.4 Å². The van der Waals surface area contributed by atoms with Crippen LogP contribution in [0.2, 0.25) is 0 Å². The molecule has 0 fully saturated rings. The number of carboxylic acid groups (broad SMARTS) is 3. The van der Waals surface area contributed by atoms with Crippen molar-refractivity contribution in [1.82, 2.24) is 4.90 Å². The van der Waals surface area contributed by atoms with Gasteiger partial charge in [-0.1, -0.05) is 42.8 Å². The third-order valence-corrected chi connectivity index (χ3v) is 6.87. The van der Waals surface area contributed by atoms with Crippen molar-refractivity contribution in [2.75, 3.05) is 0 Å². The van der Waals surface area contributed by atoms with Crippen molar-refractivity contribution in [3.63, 3.8) is 0 Å². The Hall–Kier alpha value is -3.68. The van der Waals surface area contributed by atoms with E-state index >= 15 is 0 Å². The number of hydrogen-bond donors (Lipinski definition) is 3. The summed E-state index contributed by atoms with van der Waals surface area (Å²) in [6, 6.07) is 10.2. The molecule has 2 aromatic carbocycles. The topological polar surface area (TPSA) is 132 Å². The molecular weight excluding hydrogens is 450 g/mol. The van der Waals surface area contributed by atoms with E-state index in [0.29, 0.717) is 32.4 Å². The predicted octanol–water partition coefficient (Wildman–Crippen LogP) is 4.33. The summed E-state index contributed by atoms with van der Waals surface area (Å²) in [5, 5.41) is 25.8. The van der Waals surface area contributed by atoms with Crippen LogP contribution >= 0.6 is 0 Å². The fraction of sp³-hybridized carbons (Fsp3) is 0.407. The van der Waals surface area contributed by atoms with Crippen LogP contribution in [0.25, 0.3) is 11.1 Å². The Labute approximate surface area is 204 Å². The summed E-state index contributed by atoms with van der Waals surface area (Å²) in [7, 11) is 0. The van der Waals surface area contributed by atoms with E-state index in [1.54, 1.807) is 0 Å². The van der Waals surface area contributed by atoms with Crippen molar-refractivity contribution in [2.24, 2.45) is 0 Å². The standard InChI is InChI=1S/C26H29NO5.CH2O2/c1-3-5-21(28)27-14-17-6-4-7-19-24(17)25-18(15-27)12-16(2)13-20(25)26(19,10-8-22(29)30)11-9-23(31)32;2-1-3/h4,6-7,12-13H,3,5,8-11,14-15H2,1-2H3,(H,29,30)(H,31,32);1H,(H,2,3). The largest absolute Gasteiger partial charge is 0.483 e. The highest BCUT2D eigenvalue weighted by Crippen LogP contribution is 2.57. The zero-order chi connectivity index (χ0) is 25.8. The summed E-state index contributed by atoms with van der Waals surface area (Å²) < 4.78 is 0. The van der Waals surface area contributed by atoms with E-state index in [1.165, 1.54) is 0 Å². The van der Waals surface area contributed by atoms with Crippen molar-refractivity contribution in [1.29, 1.82) is 0 Å². The van der Waals surface area contributed by atoms with Gasteiger partial charge in [0.15, 0.2) is 0 Å². The Bertz CT molecular complexity index is 1140. The van der Waals surface area contributed by atoms with Gasteiger partial charge in [-0.25, -0.2) is 0 Å². The molecule has 8 heteroatoms. The average Bonchev–Trinajstić information content (AvgIpc) is 2.95. The zero-order valence-electron chi connectivity index (χ0n) is 20.0. The molecule has 8 nitrogen and oxygen atoms in total. The minimum Gasteiger partial charge on any atom is -0.483 e. The van der Waals surface area contributed by atoms with Gasteiger partial charge in [0.2, 0.25) is 5.91 Å². The summed E-state index contributed by atoms with van der Waals surface area (Å²) in [5.41, 5.74) is 6.64. The molecule has 186 valence electrons. The van der Waals surface area contributed by atoms with Crippen LogP contribution in [0, 0.1) is 6.92 Å². The molecule has 0 radical (unpaired) electrons. The molecule has 1 heterocycles. The first-order chi connectivity index (χ1) is 16.7. The summed E-state index contributed by atoms with van der Waals surface area (Å²) >= 11 is 0. The molecule has 1 amide bonds. The molecule has 2 aromatic rings. The lowest BCUT2D eigenvalue weighted by Crippen LogP contribution is -2.31. The molecule has 2 aliphatic rings. The number of aryl methyl sites for hydroxylation is 1. The minimum atomic E-state index is -0.887. The molecule has 1 aliphatic carbocycles. The Morgan fingerprint density at radius 2 is 1.51 bits per heavy atom. The van der Waals surface area contributed by atoms with Gasteiger partial charge in [0.1, 0.15) is 0 Å². The first-order valence-electron chi connectivity index (χ1n) is 11.7. The van der Waals surface area contributed by atoms with Crippen molar-refractivity contribution < 1.29 is 34.5 Å². The van der Waals surface area contributed by atoms with Crippen LogP contribution in [-0.4, -0.2) is 44.5 Å². The Morgan fingerprint density at radius 1 is 0.943 bits per heavy atom. The smallest absolute Gasteiger partial charge is 0.303 e. The molecule has 4 rings (SSSR count). The van der Waals surface area contributed by atoms with Gasteiger partial charge in [-0.05, 0) is 59.6 Å². The first-order valence-corrected chi connectivity index (χ1v) is 11.7. The van der Waals surface area contributed by atoms with Gasteiger partial charge in [0, 0.05) is 37.8 Å². The second-order valence-corrected chi connectivity index (χ2v) is 9.16. The number of benzene rings is 2. The average molecular weight is 482 g/mol. The van der Waals surface area contributed by atoms with Crippen LogP contribution in [0.5, 0.6) is 0 Å². The molecule has 0 unspecified atom stereocenters. The van der Waals surface area contributed by atoms with E-state index in [0.717, 1.165) is 45.4 Å². The zero-order valence-corrected chi connectivity index (χ0v) is 20.0. The third-order valence-electron chi connectivity index (χ3n) is 6.87. The molecule has 0 saturated heterocycles. The lowest BCUT2D eigenvalue weighted by Gasteiger charge is -2.33. The molecule has 0 atom stereocenters. The summed E-state index contributed by atoms with van der Waals surface area (Å²) in [6.45, 7) is 4.76. The van der Waals surface area contributed by atoms with E-state index in [4.69, 9.17) is 9.90 Å². The number of carbonyl (C=O) groups is 4.